The lowest BCUT2D eigenvalue weighted by molar-refractivity contribution is 0.911. The number of hydrogen-bond acceptors (Lipinski definition) is 4. The van der Waals surface area contributed by atoms with Crippen LogP contribution < -0.4 is 0 Å². The molecule has 3 nitrogen and oxygen atoms in total. The van der Waals surface area contributed by atoms with Crippen molar-refractivity contribution in [2.45, 2.75) is 12.8 Å². The number of hydrogen-bond donors (Lipinski definition) is 0. The minimum Gasteiger partial charge on any atom is -0.265 e. The molecule has 0 aromatic carbocycles. The normalized spacial score (nSPS) is 10.5. The molecule has 3 rings (SSSR count). The summed E-state index contributed by atoms with van der Waals surface area (Å²) in [6, 6.07) is 6.32. The van der Waals surface area contributed by atoms with Crippen molar-refractivity contribution in [3.8, 4) is 11.1 Å². The van der Waals surface area contributed by atoms with Gasteiger partial charge in [0.05, 0.1) is 5.69 Å². The smallest absolute Gasteiger partial charge is 0.0590 e. The van der Waals surface area contributed by atoms with Crippen LogP contribution >= 0.6 is 11.3 Å². The fourth-order valence-corrected chi connectivity index (χ4v) is 2.82. The van der Waals surface area contributed by atoms with Crippen LogP contribution in [0, 0.1) is 0 Å². The fourth-order valence-electron chi connectivity index (χ4n) is 1.92. The molecule has 3 heterocycles. The van der Waals surface area contributed by atoms with Gasteiger partial charge in [0, 0.05) is 35.9 Å². The standard InChI is InChI=1S/C15H13N3S/c1(14-10-17-7-8-18-14)2-15-9-13(11-19-15)12-3-5-16-6-4-12/h3-11H,1-2H2. The predicted molar refractivity (Wildman–Crippen MR) is 77.0 cm³/mol. The SMILES string of the molecule is c1cc(-c2csc(CCc3cnccn3)c2)ccn1. The van der Waals surface area contributed by atoms with E-state index in [0.717, 1.165) is 18.5 Å². The lowest BCUT2D eigenvalue weighted by Gasteiger charge is -1.97. The highest BCUT2D eigenvalue weighted by Gasteiger charge is 2.03. The van der Waals surface area contributed by atoms with E-state index in [9.17, 15) is 0 Å². The van der Waals surface area contributed by atoms with Gasteiger partial charge in [-0.3, -0.25) is 15.0 Å². The van der Waals surface area contributed by atoms with E-state index in [0.29, 0.717) is 0 Å². The summed E-state index contributed by atoms with van der Waals surface area (Å²) in [5.74, 6) is 0. The van der Waals surface area contributed by atoms with Gasteiger partial charge < -0.3 is 0 Å². The molecule has 0 amide bonds. The molecule has 3 aromatic heterocycles. The molecule has 4 heteroatoms. The Morgan fingerprint density at radius 2 is 1.79 bits per heavy atom. The Labute approximate surface area is 116 Å². The summed E-state index contributed by atoms with van der Waals surface area (Å²) in [6.07, 6.45) is 10.9. The zero-order chi connectivity index (χ0) is 12.9. The van der Waals surface area contributed by atoms with Gasteiger partial charge in [0.25, 0.3) is 0 Å². The Morgan fingerprint density at radius 3 is 2.58 bits per heavy atom. The topological polar surface area (TPSA) is 38.7 Å². The number of pyridine rings is 1. The molecule has 0 unspecified atom stereocenters. The van der Waals surface area contributed by atoms with Crippen molar-refractivity contribution in [1.29, 1.82) is 0 Å². The van der Waals surface area contributed by atoms with E-state index >= 15 is 0 Å². The first-order chi connectivity index (χ1) is 9.42. The molecule has 0 aliphatic heterocycles. The van der Waals surface area contributed by atoms with Gasteiger partial charge in [-0.2, -0.15) is 0 Å². The molecule has 0 fully saturated rings. The fraction of sp³-hybridized carbons (Fsp3) is 0.133. The van der Waals surface area contributed by atoms with Crippen molar-refractivity contribution < 1.29 is 0 Å². The molecule has 94 valence electrons. The predicted octanol–water partition coefficient (Wildman–Crippen LogP) is 3.39. The van der Waals surface area contributed by atoms with Crippen LogP contribution in [0.25, 0.3) is 11.1 Å². The second kappa shape index (κ2) is 5.71. The zero-order valence-electron chi connectivity index (χ0n) is 10.4. The van der Waals surface area contributed by atoms with Crippen LogP contribution in [0.2, 0.25) is 0 Å². The number of rotatable bonds is 4. The van der Waals surface area contributed by atoms with Crippen LogP contribution in [0.15, 0.2) is 54.6 Å². The maximum absolute atomic E-state index is 4.29. The lowest BCUT2D eigenvalue weighted by atomic mass is 10.1. The van der Waals surface area contributed by atoms with Crippen molar-refractivity contribution in [2.75, 3.05) is 0 Å². The second-order valence-electron chi connectivity index (χ2n) is 4.23. The summed E-state index contributed by atoms with van der Waals surface area (Å²) in [5.41, 5.74) is 3.53. The molecule has 0 radical (unpaired) electrons. The molecule has 0 N–H and O–H groups in total. The third-order valence-electron chi connectivity index (χ3n) is 2.91. The van der Waals surface area contributed by atoms with Crippen molar-refractivity contribution in [3.05, 3.63) is 65.1 Å². The van der Waals surface area contributed by atoms with Gasteiger partial charge in [0.15, 0.2) is 0 Å². The van der Waals surface area contributed by atoms with Gasteiger partial charge in [-0.1, -0.05) is 0 Å². The van der Waals surface area contributed by atoms with Gasteiger partial charge in [-0.05, 0) is 47.5 Å². The molecule has 0 atom stereocenters. The maximum Gasteiger partial charge on any atom is 0.0590 e. The quantitative estimate of drug-likeness (QED) is 0.727. The van der Waals surface area contributed by atoms with Crippen LogP contribution in [0.4, 0.5) is 0 Å². The van der Waals surface area contributed by atoms with Gasteiger partial charge in [-0.15, -0.1) is 11.3 Å². The number of aryl methyl sites for hydroxylation is 2. The van der Waals surface area contributed by atoms with Gasteiger partial charge in [0.1, 0.15) is 0 Å². The van der Waals surface area contributed by atoms with Gasteiger partial charge in [-0.25, -0.2) is 0 Å². The first-order valence-corrected chi connectivity index (χ1v) is 7.02. The molecule has 0 saturated heterocycles. The van der Waals surface area contributed by atoms with E-state index < -0.39 is 0 Å². The van der Waals surface area contributed by atoms with Crippen molar-refractivity contribution in [2.24, 2.45) is 0 Å². The van der Waals surface area contributed by atoms with Crippen LogP contribution in [-0.4, -0.2) is 15.0 Å². The summed E-state index contributed by atoms with van der Waals surface area (Å²) in [6.45, 7) is 0. The van der Waals surface area contributed by atoms with E-state index in [2.05, 4.69) is 26.4 Å². The van der Waals surface area contributed by atoms with Crippen LogP contribution in [0.5, 0.6) is 0 Å². The summed E-state index contributed by atoms with van der Waals surface area (Å²) < 4.78 is 0. The summed E-state index contributed by atoms with van der Waals surface area (Å²) in [4.78, 5) is 13.8. The Hall–Kier alpha value is -2.07. The van der Waals surface area contributed by atoms with Crippen LogP contribution in [0.3, 0.4) is 0 Å². The number of aromatic nitrogens is 3. The molecular formula is C15H13N3S. The summed E-state index contributed by atoms with van der Waals surface area (Å²) >= 11 is 1.80. The second-order valence-corrected chi connectivity index (χ2v) is 5.23. The highest BCUT2D eigenvalue weighted by Crippen LogP contribution is 2.25. The average molecular weight is 267 g/mol. The maximum atomic E-state index is 4.29. The molecule has 3 aromatic rings. The van der Waals surface area contributed by atoms with Gasteiger partial charge >= 0.3 is 0 Å². The molecule has 0 aliphatic rings. The number of thiophene rings is 1. The lowest BCUT2D eigenvalue weighted by Crippen LogP contribution is -1.92. The van der Waals surface area contributed by atoms with Crippen LogP contribution in [0.1, 0.15) is 10.6 Å². The Bertz CT molecular complexity index is 635. The Balaban J connectivity index is 1.69. The van der Waals surface area contributed by atoms with E-state index in [4.69, 9.17) is 0 Å². The molecule has 19 heavy (non-hydrogen) atoms. The Kier molecular flexibility index (Phi) is 3.61. The molecular weight excluding hydrogens is 254 g/mol. The minimum atomic E-state index is 0.935. The highest BCUT2D eigenvalue weighted by atomic mass is 32.1. The van der Waals surface area contributed by atoms with Crippen molar-refractivity contribution in [3.63, 3.8) is 0 Å². The largest absolute Gasteiger partial charge is 0.265 e. The van der Waals surface area contributed by atoms with E-state index in [1.165, 1.54) is 16.0 Å². The number of nitrogens with zero attached hydrogens (tertiary/aromatic N) is 3. The molecule has 0 saturated carbocycles. The highest BCUT2D eigenvalue weighted by molar-refractivity contribution is 7.10. The summed E-state index contributed by atoms with van der Waals surface area (Å²) in [5, 5.41) is 2.20. The Morgan fingerprint density at radius 1 is 0.895 bits per heavy atom. The van der Waals surface area contributed by atoms with Gasteiger partial charge in [0.2, 0.25) is 0 Å². The first-order valence-electron chi connectivity index (χ1n) is 6.14. The monoisotopic (exact) mass is 267 g/mol. The van der Waals surface area contributed by atoms with Crippen molar-refractivity contribution in [1.82, 2.24) is 15.0 Å². The average Bonchev–Trinajstić information content (AvgIpc) is 2.96. The minimum absolute atomic E-state index is 0.935. The molecule has 0 aliphatic carbocycles. The molecule has 0 spiro atoms. The molecule has 0 bridgehead atoms. The van der Waals surface area contributed by atoms with E-state index in [-0.39, 0.29) is 0 Å². The first kappa shape index (κ1) is 12.0. The van der Waals surface area contributed by atoms with Crippen LogP contribution in [-0.2, 0) is 12.8 Å². The van der Waals surface area contributed by atoms with E-state index in [1.807, 2.05) is 30.7 Å². The third-order valence-corrected chi connectivity index (χ3v) is 3.91. The third kappa shape index (κ3) is 3.03. The summed E-state index contributed by atoms with van der Waals surface area (Å²) in [7, 11) is 0. The van der Waals surface area contributed by atoms with E-state index in [1.54, 1.807) is 23.7 Å². The van der Waals surface area contributed by atoms with Crippen molar-refractivity contribution >= 4 is 11.3 Å². The zero-order valence-corrected chi connectivity index (χ0v) is 11.2.